The van der Waals surface area contributed by atoms with Gasteiger partial charge in [-0.15, -0.1) is 0 Å². The lowest BCUT2D eigenvalue weighted by Crippen LogP contribution is -2.44. The molecule has 0 saturated carbocycles. The second-order valence-electron chi connectivity index (χ2n) is 7.14. The number of thioether (sulfide) groups is 1. The van der Waals surface area contributed by atoms with Crippen LogP contribution in [0.4, 0.5) is 5.69 Å². The van der Waals surface area contributed by atoms with Gasteiger partial charge in [-0.3, -0.25) is 14.4 Å². The Balaban J connectivity index is 1.92. The van der Waals surface area contributed by atoms with E-state index in [2.05, 4.69) is 16.7 Å². The molecule has 9 nitrogen and oxygen atoms in total. The number of esters is 2. The van der Waals surface area contributed by atoms with Crippen LogP contribution >= 0.6 is 11.8 Å². The zero-order valence-corrected chi connectivity index (χ0v) is 19.2. The highest BCUT2D eigenvalue weighted by Gasteiger charge is 2.44. The number of nitrogens with zero attached hydrogens (tertiary/aromatic N) is 1. The largest absolute Gasteiger partial charge is 0.468 e. The Hall–Kier alpha value is -4.10. The van der Waals surface area contributed by atoms with Crippen LogP contribution in [0, 0.1) is 17.2 Å². The van der Waals surface area contributed by atoms with Gasteiger partial charge in [0, 0.05) is 11.6 Å². The summed E-state index contributed by atoms with van der Waals surface area (Å²) in [5.41, 5.74) is 1.46. The van der Waals surface area contributed by atoms with Crippen LogP contribution in [0.2, 0.25) is 0 Å². The smallest absolute Gasteiger partial charge is 0.337 e. The fourth-order valence-electron chi connectivity index (χ4n) is 3.48. The Kier molecular flexibility index (Phi) is 8.05. The highest BCUT2D eigenvalue weighted by Crippen LogP contribution is 2.40. The van der Waals surface area contributed by atoms with Crippen molar-refractivity contribution in [1.29, 1.82) is 5.26 Å². The molecular formula is C24H21N3O6S. The predicted molar refractivity (Wildman–Crippen MR) is 124 cm³/mol. The molecule has 2 atom stereocenters. The molecule has 0 radical (unpaired) electrons. The molecule has 10 heteroatoms. The van der Waals surface area contributed by atoms with Gasteiger partial charge in [0.1, 0.15) is 5.92 Å². The van der Waals surface area contributed by atoms with E-state index in [1.807, 2.05) is 6.07 Å². The molecule has 1 aliphatic rings. The zero-order valence-electron chi connectivity index (χ0n) is 18.4. The van der Waals surface area contributed by atoms with Gasteiger partial charge in [0.2, 0.25) is 11.8 Å². The second-order valence-corrected chi connectivity index (χ2v) is 8.12. The van der Waals surface area contributed by atoms with Crippen LogP contribution < -0.4 is 10.6 Å². The number of nitriles is 1. The maximum Gasteiger partial charge on any atom is 0.337 e. The summed E-state index contributed by atoms with van der Waals surface area (Å²) in [6, 6.07) is 17.0. The topological polar surface area (TPSA) is 135 Å². The van der Waals surface area contributed by atoms with Crippen molar-refractivity contribution in [3.63, 3.8) is 0 Å². The first kappa shape index (κ1) is 24.5. The van der Waals surface area contributed by atoms with E-state index in [1.54, 1.807) is 36.4 Å². The quantitative estimate of drug-likeness (QED) is 0.457. The number of ether oxygens (including phenoxy) is 2. The fraction of sp³-hybridized carbons (Fsp3) is 0.208. The lowest BCUT2D eigenvalue weighted by molar-refractivity contribution is -0.150. The van der Waals surface area contributed by atoms with Crippen molar-refractivity contribution in [2.45, 2.75) is 5.92 Å². The summed E-state index contributed by atoms with van der Waals surface area (Å²) in [4.78, 5) is 49.4. The van der Waals surface area contributed by atoms with Crippen LogP contribution in [0.5, 0.6) is 0 Å². The molecule has 0 aliphatic carbocycles. The minimum atomic E-state index is -1.31. The third kappa shape index (κ3) is 5.44. The van der Waals surface area contributed by atoms with Gasteiger partial charge in [-0.2, -0.15) is 5.26 Å². The maximum absolute atomic E-state index is 12.9. The van der Waals surface area contributed by atoms with Crippen molar-refractivity contribution < 1.29 is 28.7 Å². The molecule has 2 N–H and O–H groups in total. The molecule has 2 aromatic rings. The zero-order chi connectivity index (χ0) is 24.7. The van der Waals surface area contributed by atoms with E-state index in [-0.39, 0.29) is 27.8 Å². The number of para-hydroxylation sites is 1. The van der Waals surface area contributed by atoms with Gasteiger partial charge in [-0.25, -0.2) is 4.79 Å². The fourth-order valence-corrected chi connectivity index (χ4v) is 4.33. The van der Waals surface area contributed by atoms with Crippen LogP contribution in [0.1, 0.15) is 21.8 Å². The summed E-state index contributed by atoms with van der Waals surface area (Å²) in [5, 5.41) is 15.4. The van der Waals surface area contributed by atoms with Crippen molar-refractivity contribution in [3.8, 4) is 6.07 Å². The Bertz CT molecular complexity index is 1170. The number of nitrogens with one attached hydrogen (secondary N) is 2. The molecule has 0 unspecified atom stereocenters. The molecule has 1 aliphatic heterocycles. The molecule has 2 amide bonds. The Morgan fingerprint density at radius 1 is 1.06 bits per heavy atom. The summed E-state index contributed by atoms with van der Waals surface area (Å²) in [5.74, 6) is -4.69. The van der Waals surface area contributed by atoms with Crippen molar-refractivity contribution in [2.75, 3.05) is 25.3 Å². The van der Waals surface area contributed by atoms with Gasteiger partial charge in [0.05, 0.1) is 42.2 Å². The summed E-state index contributed by atoms with van der Waals surface area (Å²) < 4.78 is 9.50. The van der Waals surface area contributed by atoms with E-state index in [9.17, 15) is 24.4 Å². The number of carbonyl (C=O) groups is 4. The van der Waals surface area contributed by atoms with Crippen LogP contribution in [-0.2, 0) is 23.9 Å². The van der Waals surface area contributed by atoms with E-state index < -0.39 is 29.7 Å². The number of carbonyl (C=O) groups excluding carboxylic acids is 4. The third-order valence-electron chi connectivity index (χ3n) is 5.08. The summed E-state index contributed by atoms with van der Waals surface area (Å²) in [6.45, 7) is 0. The summed E-state index contributed by atoms with van der Waals surface area (Å²) in [7, 11) is 2.41. The van der Waals surface area contributed by atoms with Crippen LogP contribution in [-0.4, -0.2) is 43.7 Å². The van der Waals surface area contributed by atoms with Gasteiger partial charge < -0.3 is 20.1 Å². The average Bonchev–Trinajstić information content (AvgIpc) is 2.86. The molecule has 0 spiro atoms. The first-order chi connectivity index (χ1) is 16.4. The van der Waals surface area contributed by atoms with Crippen molar-refractivity contribution in [1.82, 2.24) is 5.32 Å². The molecule has 3 rings (SSSR count). The SMILES string of the molecule is COC(=O)c1ccc([C@H]2C(C#N)=C(SCC(=O)Nc3ccccc3)NC(=O)[C@@H]2C(=O)OC)cc1. The van der Waals surface area contributed by atoms with Crippen LogP contribution in [0.25, 0.3) is 0 Å². The highest BCUT2D eigenvalue weighted by molar-refractivity contribution is 8.03. The number of allylic oxidation sites excluding steroid dienone is 1. The average molecular weight is 480 g/mol. The Labute approximate surface area is 200 Å². The van der Waals surface area contributed by atoms with Gasteiger partial charge in [-0.1, -0.05) is 42.1 Å². The number of hydrogen-bond donors (Lipinski definition) is 2. The predicted octanol–water partition coefficient (Wildman–Crippen LogP) is 2.58. The van der Waals surface area contributed by atoms with Gasteiger partial charge in [0.15, 0.2) is 0 Å². The molecule has 174 valence electrons. The Morgan fingerprint density at radius 2 is 1.74 bits per heavy atom. The molecule has 2 aromatic carbocycles. The molecule has 0 bridgehead atoms. The van der Waals surface area contributed by atoms with Gasteiger partial charge in [0.25, 0.3) is 0 Å². The minimum absolute atomic E-state index is 0.0768. The first-order valence-electron chi connectivity index (χ1n) is 10.1. The van der Waals surface area contributed by atoms with Crippen molar-refractivity contribution in [2.24, 2.45) is 5.92 Å². The maximum atomic E-state index is 12.9. The van der Waals surface area contributed by atoms with Crippen molar-refractivity contribution in [3.05, 3.63) is 76.3 Å². The normalized spacial score (nSPS) is 17.3. The molecule has 1 heterocycles. The van der Waals surface area contributed by atoms with E-state index >= 15 is 0 Å². The summed E-state index contributed by atoms with van der Waals surface area (Å²) in [6.07, 6.45) is 0. The molecular weight excluding hydrogens is 458 g/mol. The lowest BCUT2D eigenvalue weighted by atomic mass is 9.78. The van der Waals surface area contributed by atoms with E-state index in [4.69, 9.17) is 9.47 Å². The third-order valence-corrected chi connectivity index (χ3v) is 6.10. The monoisotopic (exact) mass is 479 g/mol. The van der Waals surface area contributed by atoms with Crippen molar-refractivity contribution >= 4 is 41.2 Å². The van der Waals surface area contributed by atoms with Crippen LogP contribution in [0.15, 0.2) is 65.2 Å². The second kappa shape index (κ2) is 11.2. The number of anilines is 1. The van der Waals surface area contributed by atoms with Gasteiger partial charge >= 0.3 is 11.9 Å². The first-order valence-corrected chi connectivity index (χ1v) is 11.1. The number of hydrogen-bond acceptors (Lipinski definition) is 8. The number of benzene rings is 2. The Morgan fingerprint density at radius 3 is 2.32 bits per heavy atom. The molecule has 0 saturated heterocycles. The highest BCUT2D eigenvalue weighted by atomic mass is 32.2. The lowest BCUT2D eigenvalue weighted by Gasteiger charge is -2.31. The van der Waals surface area contributed by atoms with Gasteiger partial charge in [-0.05, 0) is 29.8 Å². The minimum Gasteiger partial charge on any atom is -0.468 e. The molecule has 0 fully saturated rings. The number of rotatable bonds is 7. The van der Waals surface area contributed by atoms with E-state index in [1.165, 1.54) is 19.2 Å². The van der Waals surface area contributed by atoms with Crippen LogP contribution in [0.3, 0.4) is 0 Å². The van der Waals surface area contributed by atoms with E-state index in [0.717, 1.165) is 18.9 Å². The standard InChI is InChI=1S/C24H21N3O6S/c1-32-23(30)15-10-8-14(9-11-15)19-17(12-25)22(27-21(29)20(19)24(31)33-2)34-13-18(28)26-16-6-4-3-5-7-16/h3-11,19-20H,13H2,1-2H3,(H,26,28)(H,27,29)/t19-,20+/m0/s1. The van der Waals surface area contributed by atoms with E-state index in [0.29, 0.717) is 11.3 Å². The molecule has 34 heavy (non-hydrogen) atoms. The number of methoxy groups -OCH3 is 2. The summed E-state index contributed by atoms with van der Waals surface area (Å²) >= 11 is 0.980. The number of amides is 2. The molecule has 0 aromatic heterocycles.